The van der Waals surface area contributed by atoms with Gasteiger partial charge in [-0.1, -0.05) is 0 Å². The third kappa shape index (κ3) is 2.19. The lowest BCUT2D eigenvalue weighted by Crippen LogP contribution is -2.39. The molecule has 1 saturated heterocycles. The van der Waals surface area contributed by atoms with Gasteiger partial charge in [0, 0.05) is 12.8 Å². The lowest BCUT2D eigenvalue weighted by Gasteiger charge is -2.15. The smallest absolute Gasteiger partial charge is 0.256 e. The standard InChI is InChI=1S/C11H13FN2O2/c1-7-9(4-6-16-7)14-11(15)8-3-2-5-13-10(8)12/h2-3,5,7,9H,4,6H2,1H3,(H,14,15). The van der Waals surface area contributed by atoms with E-state index in [1.54, 1.807) is 0 Å². The second-order valence-electron chi connectivity index (χ2n) is 3.79. The number of halogens is 1. The number of pyridine rings is 1. The first-order valence-corrected chi connectivity index (χ1v) is 5.21. The van der Waals surface area contributed by atoms with Gasteiger partial charge in [-0.25, -0.2) is 4.98 Å². The van der Waals surface area contributed by atoms with Gasteiger partial charge in [-0.05, 0) is 25.5 Å². The van der Waals surface area contributed by atoms with Crippen molar-refractivity contribution in [3.63, 3.8) is 0 Å². The van der Waals surface area contributed by atoms with Crippen LogP contribution in [0, 0.1) is 5.95 Å². The number of nitrogens with one attached hydrogen (secondary N) is 1. The highest BCUT2D eigenvalue weighted by molar-refractivity contribution is 5.94. The van der Waals surface area contributed by atoms with Crippen LogP contribution in [0.1, 0.15) is 23.7 Å². The lowest BCUT2D eigenvalue weighted by molar-refractivity contribution is 0.0862. The van der Waals surface area contributed by atoms with Crippen molar-refractivity contribution in [3.05, 3.63) is 29.8 Å². The molecule has 4 nitrogen and oxygen atoms in total. The number of carbonyl (C=O) groups excluding carboxylic acids is 1. The summed E-state index contributed by atoms with van der Waals surface area (Å²) in [7, 11) is 0. The van der Waals surface area contributed by atoms with Gasteiger partial charge in [0.2, 0.25) is 5.95 Å². The van der Waals surface area contributed by atoms with E-state index < -0.39 is 11.9 Å². The van der Waals surface area contributed by atoms with Crippen LogP contribution in [-0.4, -0.2) is 29.6 Å². The van der Waals surface area contributed by atoms with Crippen molar-refractivity contribution in [3.8, 4) is 0 Å². The zero-order valence-corrected chi connectivity index (χ0v) is 8.94. The van der Waals surface area contributed by atoms with Crippen LogP contribution in [0.3, 0.4) is 0 Å². The maximum Gasteiger partial charge on any atom is 0.256 e. The fourth-order valence-corrected chi connectivity index (χ4v) is 1.72. The molecule has 1 aromatic heterocycles. The molecular formula is C11H13FN2O2. The monoisotopic (exact) mass is 224 g/mol. The first-order valence-electron chi connectivity index (χ1n) is 5.21. The molecule has 2 rings (SSSR count). The molecule has 16 heavy (non-hydrogen) atoms. The van der Waals surface area contributed by atoms with Crippen LogP contribution in [0.15, 0.2) is 18.3 Å². The van der Waals surface area contributed by atoms with E-state index >= 15 is 0 Å². The first kappa shape index (κ1) is 11.0. The highest BCUT2D eigenvalue weighted by Gasteiger charge is 2.26. The second-order valence-corrected chi connectivity index (χ2v) is 3.79. The van der Waals surface area contributed by atoms with Crippen molar-refractivity contribution in [2.24, 2.45) is 0 Å². The third-order valence-electron chi connectivity index (χ3n) is 2.70. The predicted octanol–water partition coefficient (Wildman–Crippen LogP) is 1.13. The van der Waals surface area contributed by atoms with Crippen molar-refractivity contribution >= 4 is 5.91 Å². The Morgan fingerprint density at radius 2 is 2.50 bits per heavy atom. The zero-order valence-electron chi connectivity index (χ0n) is 8.94. The molecule has 1 fully saturated rings. The van der Waals surface area contributed by atoms with Gasteiger partial charge in [0.25, 0.3) is 5.91 Å². The molecule has 0 radical (unpaired) electrons. The van der Waals surface area contributed by atoms with Gasteiger partial charge >= 0.3 is 0 Å². The number of rotatable bonds is 2. The summed E-state index contributed by atoms with van der Waals surface area (Å²) < 4.78 is 18.5. The number of aromatic nitrogens is 1. The molecule has 1 aliphatic rings. The molecule has 2 heterocycles. The highest BCUT2D eigenvalue weighted by Crippen LogP contribution is 2.13. The van der Waals surface area contributed by atoms with Crippen molar-refractivity contribution in [1.29, 1.82) is 0 Å². The number of ether oxygens (including phenoxy) is 1. The quantitative estimate of drug-likeness (QED) is 0.766. The van der Waals surface area contributed by atoms with Crippen LogP contribution >= 0.6 is 0 Å². The van der Waals surface area contributed by atoms with E-state index in [4.69, 9.17) is 4.74 Å². The Labute approximate surface area is 92.8 Å². The average molecular weight is 224 g/mol. The van der Waals surface area contributed by atoms with Crippen molar-refractivity contribution in [2.75, 3.05) is 6.61 Å². The molecule has 1 aromatic rings. The summed E-state index contributed by atoms with van der Waals surface area (Å²) in [5.41, 5.74) is -0.0263. The van der Waals surface area contributed by atoms with E-state index in [9.17, 15) is 9.18 Å². The number of carbonyl (C=O) groups is 1. The molecule has 0 bridgehead atoms. The van der Waals surface area contributed by atoms with Gasteiger partial charge < -0.3 is 10.1 Å². The summed E-state index contributed by atoms with van der Waals surface area (Å²) >= 11 is 0. The molecule has 1 N–H and O–H groups in total. The van der Waals surface area contributed by atoms with Gasteiger partial charge in [-0.15, -0.1) is 0 Å². The van der Waals surface area contributed by atoms with Crippen LogP contribution in [0.4, 0.5) is 4.39 Å². The molecular weight excluding hydrogens is 211 g/mol. The molecule has 86 valence electrons. The second kappa shape index (κ2) is 4.57. The molecule has 0 aliphatic carbocycles. The van der Waals surface area contributed by atoms with E-state index in [1.165, 1.54) is 18.3 Å². The Balaban J connectivity index is 2.06. The Kier molecular flexibility index (Phi) is 3.14. The molecule has 1 amide bonds. The van der Waals surface area contributed by atoms with Crippen molar-refractivity contribution < 1.29 is 13.9 Å². The largest absolute Gasteiger partial charge is 0.376 e. The van der Waals surface area contributed by atoms with E-state index in [-0.39, 0.29) is 17.7 Å². The maximum absolute atomic E-state index is 13.2. The fraction of sp³-hybridized carbons (Fsp3) is 0.455. The average Bonchev–Trinajstić information content (AvgIpc) is 2.65. The summed E-state index contributed by atoms with van der Waals surface area (Å²) in [4.78, 5) is 15.2. The summed E-state index contributed by atoms with van der Waals surface area (Å²) in [5, 5.41) is 2.74. The van der Waals surface area contributed by atoms with Gasteiger partial charge in [-0.2, -0.15) is 4.39 Å². The number of hydrogen-bond donors (Lipinski definition) is 1. The van der Waals surface area contributed by atoms with E-state index in [1.807, 2.05) is 6.92 Å². The molecule has 5 heteroatoms. The minimum Gasteiger partial charge on any atom is -0.376 e. The first-order chi connectivity index (χ1) is 7.68. The van der Waals surface area contributed by atoms with Crippen molar-refractivity contribution in [1.82, 2.24) is 10.3 Å². The molecule has 2 atom stereocenters. The normalized spacial score (nSPS) is 24.4. The highest BCUT2D eigenvalue weighted by atomic mass is 19.1. The maximum atomic E-state index is 13.2. The van der Waals surface area contributed by atoms with E-state index in [0.29, 0.717) is 6.61 Å². The van der Waals surface area contributed by atoms with Gasteiger partial charge in [0.05, 0.1) is 17.7 Å². The zero-order chi connectivity index (χ0) is 11.5. The van der Waals surface area contributed by atoms with Gasteiger partial charge in [0.15, 0.2) is 0 Å². The predicted molar refractivity (Wildman–Crippen MR) is 55.5 cm³/mol. The molecule has 1 aliphatic heterocycles. The van der Waals surface area contributed by atoms with Gasteiger partial charge in [0.1, 0.15) is 0 Å². The fourth-order valence-electron chi connectivity index (χ4n) is 1.72. The summed E-state index contributed by atoms with van der Waals surface area (Å²) in [6.45, 7) is 2.51. The van der Waals surface area contributed by atoms with E-state index in [2.05, 4.69) is 10.3 Å². The molecule has 0 spiro atoms. The van der Waals surface area contributed by atoms with Crippen LogP contribution in [0.25, 0.3) is 0 Å². The third-order valence-corrected chi connectivity index (χ3v) is 2.70. The topological polar surface area (TPSA) is 51.2 Å². The Morgan fingerprint density at radius 3 is 3.12 bits per heavy atom. The summed E-state index contributed by atoms with van der Waals surface area (Å²) in [6.07, 6.45) is 2.05. The number of hydrogen-bond acceptors (Lipinski definition) is 3. The van der Waals surface area contributed by atoms with Crippen LogP contribution in [-0.2, 0) is 4.74 Å². The SMILES string of the molecule is CC1OCCC1NC(=O)c1cccnc1F. The minimum atomic E-state index is -0.744. The van der Waals surface area contributed by atoms with E-state index in [0.717, 1.165) is 6.42 Å². The molecule has 0 saturated carbocycles. The molecule has 2 unspecified atom stereocenters. The van der Waals surface area contributed by atoms with Crippen LogP contribution < -0.4 is 5.32 Å². The Morgan fingerprint density at radius 1 is 1.69 bits per heavy atom. The van der Waals surface area contributed by atoms with Crippen LogP contribution in [0.5, 0.6) is 0 Å². The van der Waals surface area contributed by atoms with Crippen molar-refractivity contribution in [2.45, 2.75) is 25.5 Å². The Hall–Kier alpha value is -1.49. The number of amides is 1. The van der Waals surface area contributed by atoms with Crippen LogP contribution in [0.2, 0.25) is 0 Å². The lowest BCUT2D eigenvalue weighted by atomic mass is 10.1. The Bertz CT molecular complexity index is 397. The summed E-state index contributed by atoms with van der Waals surface area (Å²) in [5.74, 6) is -1.18. The summed E-state index contributed by atoms with van der Waals surface area (Å²) in [6, 6.07) is 2.90. The van der Waals surface area contributed by atoms with Gasteiger partial charge in [-0.3, -0.25) is 4.79 Å². The number of nitrogens with zero attached hydrogens (tertiary/aromatic N) is 1. The molecule has 0 aromatic carbocycles. The minimum absolute atomic E-state index is 0.0244.